The van der Waals surface area contributed by atoms with Gasteiger partial charge in [-0.15, -0.1) is 0 Å². The van der Waals surface area contributed by atoms with E-state index in [1.807, 2.05) is 0 Å². The molecule has 2 saturated carbocycles. The molecule has 2 nitrogen and oxygen atoms in total. The molecule has 3 aliphatic rings. The first-order valence-corrected chi connectivity index (χ1v) is 8.72. The monoisotopic (exact) mass is 265 g/mol. The molecule has 2 aliphatic carbocycles. The molecule has 0 aromatic heterocycles. The summed E-state index contributed by atoms with van der Waals surface area (Å²) in [6.07, 6.45) is 16.1. The third-order valence-electron chi connectivity index (χ3n) is 6.11. The van der Waals surface area contributed by atoms with E-state index < -0.39 is 0 Å². The van der Waals surface area contributed by atoms with Gasteiger partial charge < -0.3 is 5.11 Å². The molecule has 110 valence electrons. The van der Waals surface area contributed by atoms with Crippen molar-refractivity contribution in [3.63, 3.8) is 0 Å². The standard InChI is InChI=1S/C17H31NO/c19-15-8-11-17(9-4-5-10-17)16(14-15)18-12-6-2-1-3-7-13-18/h15-16,19H,1-14H2. The maximum Gasteiger partial charge on any atom is 0.0555 e. The highest BCUT2D eigenvalue weighted by Gasteiger charge is 2.46. The van der Waals surface area contributed by atoms with Gasteiger partial charge in [-0.2, -0.15) is 0 Å². The molecule has 1 N–H and O–H groups in total. The molecule has 0 aromatic rings. The molecule has 1 heterocycles. The number of nitrogens with zero attached hydrogens (tertiary/aromatic N) is 1. The minimum Gasteiger partial charge on any atom is -0.393 e. The van der Waals surface area contributed by atoms with Crippen molar-refractivity contribution in [2.24, 2.45) is 5.41 Å². The Balaban J connectivity index is 1.73. The molecule has 3 fully saturated rings. The van der Waals surface area contributed by atoms with Gasteiger partial charge in [-0.25, -0.2) is 0 Å². The molecule has 2 heteroatoms. The zero-order valence-electron chi connectivity index (χ0n) is 12.4. The smallest absolute Gasteiger partial charge is 0.0555 e. The molecule has 0 radical (unpaired) electrons. The maximum atomic E-state index is 10.2. The Labute approximate surface area is 118 Å². The fourth-order valence-corrected chi connectivity index (χ4v) is 5.03. The lowest BCUT2D eigenvalue weighted by Crippen LogP contribution is -2.52. The van der Waals surface area contributed by atoms with E-state index in [1.165, 1.54) is 77.3 Å². The van der Waals surface area contributed by atoms with Crippen LogP contribution in [0, 0.1) is 5.41 Å². The van der Waals surface area contributed by atoms with E-state index in [-0.39, 0.29) is 6.10 Å². The van der Waals surface area contributed by atoms with Crippen molar-refractivity contribution in [1.29, 1.82) is 0 Å². The number of aliphatic hydroxyl groups excluding tert-OH is 1. The topological polar surface area (TPSA) is 23.5 Å². The Morgan fingerprint density at radius 3 is 2.11 bits per heavy atom. The largest absolute Gasteiger partial charge is 0.393 e. The van der Waals surface area contributed by atoms with Crippen LogP contribution >= 0.6 is 0 Å². The average molecular weight is 265 g/mol. The Kier molecular flexibility index (Phi) is 4.48. The summed E-state index contributed by atoms with van der Waals surface area (Å²) in [6, 6.07) is 0.692. The van der Waals surface area contributed by atoms with Crippen molar-refractivity contribution in [2.45, 2.75) is 89.2 Å². The zero-order valence-corrected chi connectivity index (χ0v) is 12.4. The Hall–Kier alpha value is -0.0800. The van der Waals surface area contributed by atoms with E-state index in [2.05, 4.69) is 4.90 Å². The molecule has 2 atom stereocenters. The van der Waals surface area contributed by atoms with Crippen LogP contribution in [-0.2, 0) is 0 Å². The van der Waals surface area contributed by atoms with E-state index in [1.54, 1.807) is 0 Å². The highest BCUT2D eigenvalue weighted by Crippen LogP contribution is 2.51. The van der Waals surface area contributed by atoms with Gasteiger partial charge >= 0.3 is 0 Å². The summed E-state index contributed by atoms with van der Waals surface area (Å²) in [7, 11) is 0. The third kappa shape index (κ3) is 3.00. The highest BCUT2D eigenvalue weighted by atomic mass is 16.3. The molecule has 19 heavy (non-hydrogen) atoms. The molecule has 0 amide bonds. The van der Waals surface area contributed by atoms with Gasteiger partial charge in [-0.05, 0) is 63.5 Å². The second-order valence-corrected chi connectivity index (χ2v) is 7.32. The van der Waals surface area contributed by atoms with Gasteiger partial charge in [0.1, 0.15) is 0 Å². The van der Waals surface area contributed by atoms with Gasteiger partial charge in [-0.3, -0.25) is 4.90 Å². The van der Waals surface area contributed by atoms with E-state index in [9.17, 15) is 5.11 Å². The highest BCUT2D eigenvalue weighted by molar-refractivity contribution is 5.00. The van der Waals surface area contributed by atoms with Crippen molar-refractivity contribution in [3.05, 3.63) is 0 Å². The predicted molar refractivity (Wildman–Crippen MR) is 79.2 cm³/mol. The molecule has 3 rings (SSSR count). The second-order valence-electron chi connectivity index (χ2n) is 7.32. The summed E-state index contributed by atoms with van der Waals surface area (Å²) < 4.78 is 0. The normalized spacial score (nSPS) is 37.1. The molecular formula is C17H31NO. The molecule has 2 unspecified atom stereocenters. The maximum absolute atomic E-state index is 10.2. The molecular weight excluding hydrogens is 234 g/mol. The van der Waals surface area contributed by atoms with E-state index >= 15 is 0 Å². The lowest BCUT2D eigenvalue weighted by atomic mass is 9.67. The van der Waals surface area contributed by atoms with Crippen LogP contribution in [0.15, 0.2) is 0 Å². The first-order valence-electron chi connectivity index (χ1n) is 8.72. The van der Waals surface area contributed by atoms with Crippen molar-refractivity contribution in [3.8, 4) is 0 Å². The van der Waals surface area contributed by atoms with Gasteiger partial charge in [0, 0.05) is 6.04 Å². The minimum atomic E-state index is -0.0262. The minimum absolute atomic E-state index is 0.0262. The van der Waals surface area contributed by atoms with Crippen molar-refractivity contribution in [1.82, 2.24) is 4.90 Å². The molecule has 1 spiro atoms. The van der Waals surface area contributed by atoms with E-state index in [0.717, 1.165) is 12.8 Å². The van der Waals surface area contributed by atoms with Crippen LogP contribution in [0.1, 0.15) is 77.0 Å². The quantitative estimate of drug-likeness (QED) is 0.781. The number of rotatable bonds is 1. The van der Waals surface area contributed by atoms with Crippen LogP contribution in [-0.4, -0.2) is 35.2 Å². The van der Waals surface area contributed by atoms with Crippen molar-refractivity contribution >= 4 is 0 Å². The van der Waals surface area contributed by atoms with E-state index in [4.69, 9.17) is 0 Å². The Morgan fingerprint density at radius 1 is 0.789 bits per heavy atom. The van der Waals surface area contributed by atoms with Crippen molar-refractivity contribution < 1.29 is 5.11 Å². The summed E-state index contributed by atoms with van der Waals surface area (Å²) in [4.78, 5) is 2.78. The van der Waals surface area contributed by atoms with Gasteiger partial charge in [0.15, 0.2) is 0 Å². The summed E-state index contributed by atoms with van der Waals surface area (Å²) in [5, 5.41) is 10.2. The number of likely N-dealkylation sites (tertiary alicyclic amines) is 1. The van der Waals surface area contributed by atoms with Crippen LogP contribution in [0.5, 0.6) is 0 Å². The SMILES string of the molecule is OC1CCC2(CCCC2)C(N2CCCCCCC2)C1. The van der Waals surface area contributed by atoms with Gasteiger partial charge in [0.2, 0.25) is 0 Å². The van der Waals surface area contributed by atoms with Crippen molar-refractivity contribution in [2.75, 3.05) is 13.1 Å². The van der Waals surface area contributed by atoms with E-state index in [0.29, 0.717) is 11.5 Å². The summed E-state index contributed by atoms with van der Waals surface area (Å²) >= 11 is 0. The van der Waals surface area contributed by atoms with Crippen LogP contribution in [0.4, 0.5) is 0 Å². The molecule has 1 saturated heterocycles. The predicted octanol–water partition coefficient (Wildman–Crippen LogP) is 3.73. The van der Waals surface area contributed by atoms with Gasteiger partial charge in [-0.1, -0.05) is 32.1 Å². The van der Waals surface area contributed by atoms with Crippen LogP contribution in [0.2, 0.25) is 0 Å². The second kappa shape index (κ2) is 6.13. The summed E-state index contributed by atoms with van der Waals surface area (Å²) in [5.74, 6) is 0. The zero-order chi connectivity index (χ0) is 13.1. The fourth-order valence-electron chi connectivity index (χ4n) is 5.03. The molecule has 0 aromatic carbocycles. The molecule has 1 aliphatic heterocycles. The fraction of sp³-hybridized carbons (Fsp3) is 1.00. The third-order valence-corrected chi connectivity index (χ3v) is 6.11. The Morgan fingerprint density at radius 2 is 1.42 bits per heavy atom. The lowest BCUT2D eigenvalue weighted by molar-refractivity contribution is -0.0289. The number of hydrogen-bond donors (Lipinski definition) is 1. The van der Waals surface area contributed by atoms with Gasteiger partial charge in [0.25, 0.3) is 0 Å². The summed E-state index contributed by atoms with van der Waals surface area (Å²) in [5.41, 5.74) is 0.582. The number of aliphatic hydroxyl groups is 1. The summed E-state index contributed by atoms with van der Waals surface area (Å²) in [6.45, 7) is 2.58. The lowest BCUT2D eigenvalue weighted by Gasteiger charge is -2.49. The molecule has 0 bridgehead atoms. The first kappa shape index (κ1) is 13.9. The number of hydrogen-bond acceptors (Lipinski definition) is 2. The van der Waals surface area contributed by atoms with Crippen LogP contribution < -0.4 is 0 Å². The van der Waals surface area contributed by atoms with Crippen LogP contribution in [0.25, 0.3) is 0 Å². The van der Waals surface area contributed by atoms with Crippen LogP contribution in [0.3, 0.4) is 0 Å². The first-order chi connectivity index (χ1) is 9.30. The van der Waals surface area contributed by atoms with Gasteiger partial charge in [0.05, 0.1) is 6.10 Å². The Bertz CT molecular complexity index is 277. The average Bonchev–Trinajstić information content (AvgIpc) is 2.82.